The van der Waals surface area contributed by atoms with Gasteiger partial charge in [0.25, 0.3) is 0 Å². The highest BCUT2D eigenvalue weighted by atomic mass is 16.4. The van der Waals surface area contributed by atoms with E-state index in [0.717, 1.165) is 0 Å². The van der Waals surface area contributed by atoms with E-state index in [9.17, 15) is 9.90 Å². The number of nitrogen functional groups attached to an aromatic ring is 1. The minimum atomic E-state index is -1.18. The molecule has 0 bridgehead atoms. The van der Waals surface area contributed by atoms with Crippen molar-refractivity contribution in [3.63, 3.8) is 0 Å². The van der Waals surface area contributed by atoms with Crippen molar-refractivity contribution in [1.29, 1.82) is 0 Å². The molecule has 1 aromatic carbocycles. The first kappa shape index (κ1) is 10.0. The van der Waals surface area contributed by atoms with Crippen molar-refractivity contribution in [3.05, 3.63) is 30.0 Å². The quantitative estimate of drug-likeness (QED) is 0.603. The number of hydrogen-bond donors (Lipinski definition) is 4. The fraction of sp³-hybridized carbons (Fsp3) is 0. The monoisotopic (exact) mass is 219 g/mol. The Hall–Kier alpha value is -2.50. The normalized spacial score (nSPS) is 10.2. The molecule has 1 aromatic heterocycles. The van der Waals surface area contributed by atoms with Crippen LogP contribution in [0, 0.1) is 0 Å². The van der Waals surface area contributed by atoms with Crippen molar-refractivity contribution in [2.24, 2.45) is 0 Å². The lowest BCUT2D eigenvalue weighted by atomic mass is 10.1. The number of carboxylic acids is 1. The van der Waals surface area contributed by atoms with Gasteiger partial charge in [-0.15, -0.1) is 0 Å². The van der Waals surface area contributed by atoms with E-state index in [1.807, 2.05) is 0 Å². The smallest absolute Gasteiger partial charge is 0.354 e. The number of carboxylic acid groups (broad SMARTS) is 1. The lowest BCUT2D eigenvalue weighted by Gasteiger charge is -2.01. The first-order chi connectivity index (χ1) is 7.59. The van der Waals surface area contributed by atoms with Crippen molar-refractivity contribution in [1.82, 2.24) is 9.97 Å². The molecule has 5 N–H and O–H groups in total. The van der Waals surface area contributed by atoms with Crippen molar-refractivity contribution in [3.8, 4) is 17.0 Å². The lowest BCUT2D eigenvalue weighted by Crippen LogP contribution is -1.99. The highest BCUT2D eigenvalue weighted by Crippen LogP contribution is 2.30. The highest BCUT2D eigenvalue weighted by Gasteiger charge is 2.18. The lowest BCUT2D eigenvalue weighted by molar-refractivity contribution is 0.0692. The minimum absolute atomic E-state index is 0.00402. The van der Waals surface area contributed by atoms with Crippen molar-refractivity contribution in [2.75, 3.05) is 5.73 Å². The Morgan fingerprint density at radius 3 is 2.69 bits per heavy atom. The fourth-order valence-corrected chi connectivity index (χ4v) is 1.42. The molecule has 6 heteroatoms. The molecule has 0 fully saturated rings. The first-order valence-electron chi connectivity index (χ1n) is 4.46. The summed E-state index contributed by atoms with van der Waals surface area (Å²) in [6, 6.07) is 6.32. The number of nitrogens with two attached hydrogens (primary N) is 1. The van der Waals surface area contributed by atoms with Gasteiger partial charge in [-0.1, -0.05) is 12.1 Å². The summed E-state index contributed by atoms with van der Waals surface area (Å²) in [5.41, 5.74) is 5.71. The van der Waals surface area contributed by atoms with E-state index >= 15 is 0 Å². The van der Waals surface area contributed by atoms with Crippen LogP contribution in [0.4, 0.5) is 5.95 Å². The van der Waals surface area contributed by atoms with Gasteiger partial charge in [-0.2, -0.15) is 0 Å². The second-order valence-corrected chi connectivity index (χ2v) is 3.17. The van der Waals surface area contributed by atoms with E-state index in [1.54, 1.807) is 18.2 Å². The average Bonchev–Trinajstić information content (AvgIpc) is 2.61. The van der Waals surface area contributed by atoms with Gasteiger partial charge in [0.15, 0.2) is 11.6 Å². The summed E-state index contributed by atoms with van der Waals surface area (Å²) in [6.07, 6.45) is 0. The van der Waals surface area contributed by atoms with Gasteiger partial charge in [0.2, 0.25) is 0 Å². The van der Waals surface area contributed by atoms with Gasteiger partial charge in [-0.3, -0.25) is 0 Å². The van der Waals surface area contributed by atoms with Crippen LogP contribution in [0.25, 0.3) is 11.3 Å². The number of aromatic carboxylic acids is 1. The van der Waals surface area contributed by atoms with Crippen molar-refractivity contribution in [2.45, 2.75) is 0 Å². The van der Waals surface area contributed by atoms with Crippen molar-refractivity contribution >= 4 is 11.9 Å². The molecule has 16 heavy (non-hydrogen) atoms. The van der Waals surface area contributed by atoms with Crippen LogP contribution < -0.4 is 5.73 Å². The summed E-state index contributed by atoms with van der Waals surface area (Å²) >= 11 is 0. The van der Waals surface area contributed by atoms with Gasteiger partial charge in [0.1, 0.15) is 11.4 Å². The van der Waals surface area contributed by atoms with Crippen LogP contribution in [0.15, 0.2) is 24.3 Å². The summed E-state index contributed by atoms with van der Waals surface area (Å²) in [5, 5.41) is 18.5. The van der Waals surface area contributed by atoms with Crippen LogP contribution in [0.2, 0.25) is 0 Å². The number of aromatic hydroxyl groups is 1. The van der Waals surface area contributed by atoms with Crippen LogP contribution >= 0.6 is 0 Å². The Labute approximate surface area is 90.4 Å². The third-order valence-corrected chi connectivity index (χ3v) is 2.10. The Morgan fingerprint density at radius 2 is 2.06 bits per heavy atom. The van der Waals surface area contributed by atoms with Crippen LogP contribution in [0.3, 0.4) is 0 Å². The molecule has 0 atom stereocenters. The number of imidazole rings is 1. The zero-order chi connectivity index (χ0) is 11.7. The molecule has 0 spiro atoms. The first-order valence-corrected chi connectivity index (χ1v) is 4.46. The molecule has 0 saturated heterocycles. The standard InChI is InChI=1S/C10H9N3O3/c11-10-12-7(8(13-10)9(15)16)5-3-1-2-4-6(5)14/h1-4,14H,(H,15,16)(H3,11,12,13). The van der Waals surface area contributed by atoms with Gasteiger partial charge in [0, 0.05) is 5.56 Å². The highest BCUT2D eigenvalue weighted by molar-refractivity contribution is 5.94. The molecule has 0 aliphatic carbocycles. The second-order valence-electron chi connectivity index (χ2n) is 3.17. The maximum absolute atomic E-state index is 10.9. The van der Waals surface area contributed by atoms with Crippen LogP contribution in [-0.4, -0.2) is 26.2 Å². The number of carbonyl (C=O) groups is 1. The fourth-order valence-electron chi connectivity index (χ4n) is 1.42. The number of phenolic OH excluding ortho intramolecular Hbond substituents is 1. The predicted octanol–water partition coefficient (Wildman–Crippen LogP) is 1.06. The van der Waals surface area contributed by atoms with Crippen LogP contribution in [-0.2, 0) is 0 Å². The molecule has 2 rings (SSSR count). The van der Waals surface area contributed by atoms with E-state index in [-0.39, 0.29) is 23.1 Å². The molecule has 0 aliphatic heterocycles. The van der Waals surface area contributed by atoms with Crippen LogP contribution in [0.1, 0.15) is 10.5 Å². The number of para-hydroxylation sites is 1. The minimum Gasteiger partial charge on any atom is -0.507 e. The number of aromatic amines is 1. The zero-order valence-corrected chi connectivity index (χ0v) is 8.14. The van der Waals surface area contributed by atoms with Gasteiger partial charge in [0.05, 0.1) is 0 Å². The molecular formula is C10H9N3O3. The number of anilines is 1. The Morgan fingerprint density at radius 1 is 1.38 bits per heavy atom. The van der Waals surface area contributed by atoms with Crippen molar-refractivity contribution < 1.29 is 15.0 Å². The Bertz CT molecular complexity index is 548. The second kappa shape index (κ2) is 3.58. The largest absolute Gasteiger partial charge is 0.507 e. The number of rotatable bonds is 2. The summed E-state index contributed by atoms with van der Waals surface area (Å²) in [4.78, 5) is 17.2. The predicted molar refractivity (Wildman–Crippen MR) is 57.1 cm³/mol. The third kappa shape index (κ3) is 1.56. The molecule has 0 aliphatic rings. The summed E-state index contributed by atoms with van der Waals surface area (Å²) in [6.45, 7) is 0. The zero-order valence-electron chi connectivity index (χ0n) is 8.14. The van der Waals surface area contributed by atoms with E-state index in [2.05, 4.69) is 9.97 Å². The molecule has 6 nitrogen and oxygen atoms in total. The number of H-pyrrole nitrogens is 1. The number of nitrogens with one attached hydrogen (secondary N) is 1. The van der Waals surface area contributed by atoms with Crippen LogP contribution in [0.5, 0.6) is 5.75 Å². The maximum Gasteiger partial charge on any atom is 0.354 e. The molecule has 1 heterocycles. The molecule has 0 unspecified atom stereocenters. The van der Waals surface area contributed by atoms with Gasteiger partial charge < -0.3 is 20.9 Å². The van der Waals surface area contributed by atoms with Gasteiger partial charge in [-0.25, -0.2) is 9.78 Å². The third-order valence-electron chi connectivity index (χ3n) is 2.10. The Balaban J connectivity index is 2.64. The summed E-state index contributed by atoms with van der Waals surface area (Å²) < 4.78 is 0. The molecule has 0 amide bonds. The number of nitrogens with zero attached hydrogens (tertiary/aromatic N) is 1. The summed E-state index contributed by atoms with van der Waals surface area (Å²) in [5.74, 6) is -1.23. The number of phenols is 1. The molecule has 0 saturated carbocycles. The molecular weight excluding hydrogens is 210 g/mol. The van der Waals surface area contributed by atoms with E-state index < -0.39 is 5.97 Å². The molecule has 82 valence electrons. The summed E-state index contributed by atoms with van der Waals surface area (Å²) in [7, 11) is 0. The molecule has 2 aromatic rings. The topological polar surface area (TPSA) is 112 Å². The van der Waals surface area contributed by atoms with E-state index in [4.69, 9.17) is 10.8 Å². The van der Waals surface area contributed by atoms with E-state index in [1.165, 1.54) is 6.07 Å². The number of hydrogen-bond acceptors (Lipinski definition) is 4. The Kier molecular flexibility index (Phi) is 2.24. The average molecular weight is 219 g/mol. The SMILES string of the molecule is Nc1nc(-c2ccccc2O)c(C(=O)O)[nH]1. The van der Waals surface area contributed by atoms with Gasteiger partial charge in [-0.05, 0) is 12.1 Å². The van der Waals surface area contributed by atoms with E-state index in [0.29, 0.717) is 5.56 Å². The molecule has 0 radical (unpaired) electrons. The number of benzene rings is 1. The number of aromatic nitrogens is 2. The van der Waals surface area contributed by atoms with Gasteiger partial charge >= 0.3 is 5.97 Å². The maximum atomic E-state index is 10.9.